The second kappa shape index (κ2) is 6.43. The zero-order valence-corrected chi connectivity index (χ0v) is 11.6. The third-order valence-corrected chi connectivity index (χ3v) is 3.39. The summed E-state index contributed by atoms with van der Waals surface area (Å²) in [5.41, 5.74) is 9.60. The Kier molecular flexibility index (Phi) is 4.63. The van der Waals surface area contributed by atoms with Crippen molar-refractivity contribution >= 4 is 0 Å². The largest absolute Gasteiger partial charge is 0.327 e. The SMILES string of the molecule is CCC(N)Cc1cnc(Cc2ccccc2C)nc1. The standard InChI is InChI=1S/C16H21N3/c1-3-15(17)8-13-10-18-16(19-11-13)9-14-7-5-4-6-12(14)2/h4-7,10-11,15H,3,8-9,17H2,1-2H3. The van der Waals surface area contributed by atoms with Crippen LogP contribution < -0.4 is 5.73 Å². The zero-order chi connectivity index (χ0) is 13.7. The summed E-state index contributed by atoms with van der Waals surface area (Å²) in [5.74, 6) is 0.864. The molecule has 2 N–H and O–H groups in total. The Morgan fingerprint density at radius 2 is 1.84 bits per heavy atom. The average Bonchev–Trinajstić information content (AvgIpc) is 2.43. The molecule has 0 bridgehead atoms. The lowest BCUT2D eigenvalue weighted by atomic mass is 10.1. The van der Waals surface area contributed by atoms with Gasteiger partial charge in [-0.25, -0.2) is 9.97 Å². The minimum atomic E-state index is 0.200. The van der Waals surface area contributed by atoms with Gasteiger partial charge in [0.05, 0.1) is 0 Å². The lowest BCUT2D eigenvalue weighted by molar-refractivity contribution is 0.642. The second-order valence-electron chi connectivity index (χ2n) is 4.98. The molecule has 0 aliphatic rings. The Hall–Kier alpha value is -1.74. The van der Waals surface area contributed by atoms with Crippen molar-refractivity contribution in [2.75, 3.05) is 0 Å². The van der Waals surface area contributed by atoms with Crippen LogP contribution in [0.1, 0.15) is 35.9 Å². The molecule has 0 fully saturated rings. The van der Waals surface area contributed by atoms with Crippen molar-refractivity contribution in [3.8, 4) is 0 Å². The highest BCUT2D eigenvalue weighted by Gasteiger charge is 2.05. The first-order valence-corrected chi connectivity index (χ1v) is 6.79. The highest BCUT2D eigenvalue weighted by Crippen LogP contribution is 2.11. The molecule has 1 aromatic carbocycles. The van der Waals surface area contributed by atoms with Crippen LogP contribution in [-0.2, 0) is 12.8 Å². The molecule has 0 saturated carbocycles. The van der Waals surface area contributed by atoms with Gasteiger partial charge in [0, 0.05) is 24.9 Å². The molecule has 1 atom stereocenters. The van der Waals surface area contributed by atoms with Gasteiger partial charge in [0.2, 0.25) is 0 Å². The number of benzene rings is 1. The summed E-state index contributed by atoms with van der Waals surface area (Å²) in [5, 5.41) is 0. The molecule has 2 rings (SSSR count). The fraction of sp³-hybridized carbons (Fsp3) is 0.375. The van der Waals surface area contributed by atoms with Crippen LogP contribution in [0, 0.1) is 6.92 Å². The van der Waals surface area contributed by atoms with Gasteiger partial charge in [0.25, 0.3) is 0 Å². The van der Waals surface area contributed by atoms with Crippen molar-refractivity contribution in [3.05, 3.63) is 59.2 Å². The Morgan fingerprint density at radius 3 is 2.47 bits per heavy atom. The predicted octanol–water partition coefficient (Wildman–Crippen LogP) is 2.66. The second-order valence-corrected chi connectivity index (χ2v) is 4.98. The van der Waals surface area contributed by atoms with Gasteiger partial charge in [-0.15, -0.1) is 0 Å². The Balaban J connectivity index is 2.05. The molecule has 100 valence electrons. The van der Waals surface area contributed by atoms with Gasteiger partial charge in [0.15, 0.2) is 0 Å². The summed E-state index contributed by atoms with van der Waals surface area (Å²) >= 11 is 0. The first-order chi connectivity index (χ1) is 9.19. The molecule has 0 spiro atoms. The van der Waals surface area contributed by atoms with Crippen molar-refractivity contribution in [1.29, 1.82) is 0 Å². The molecular formula is C16H21N3. The molecule has 0 amide bonds. The lowest BCUT2D eigenvalue weighted by Gasteiger charge is -2.08. The molecule has 0 aliphatic carbocycles. The van der Waals surface area contributed by atoms with Gasteiger partial charge in [-0.1, -0.05) is 31.2 Å². The number of hydrogen-bond donors (Lipinski definition) is 1. The summed E-state index contributed by atoms with van der Waals surface area (Å²) in [6, 6.07) is 8.54. The van der Waals surface area contributed by atoms with E-state index in [1.165, 1.54) is 11.1 Å². The maximum atomic E-state index is 5.93. The molecule has 1 heterocycles. The van der Waals surface area contributed by atoms with Crippen LogP contribution >= 0.6 is 0 Å². The van der Waals surface area contributed by atoms with E-state index in [1.54, 1.807) is 0 Å². The van der Waals surface area contributed by atoms with Crippen LogP contribution in [0.25, 0.3) is 0 Å². The summed E-state index contributed by atoms with van der Waals surface area (Å²) in [6.45, 7) is 4.21. The summed E-state index contributed by atoms with van der Waals surface area (Å²) in [6.07, 6.45) is 6.41. The summed E-state index contributed by atoms with van der Waals surface area (Å²) in [7, 11) is 0. The molecule has 1 unspecified atom stereocenters. The average molecular weight is 255 g/mol. The van der Waals surface area contributed by atoms with Crippen LogP contribution in [0.3, 0.4) is 0 Å². The summed E-state index contributed by atoms with van der Waals surface area (Å²) in [4.78, 5) is 8.87. The van der Waals surface area contributed by atoms with Crippen molar-refractivity contribution in [2.45, 2.75) is 39.2 Å². The van der Waals surface area contributed by atoms with Crippen molar-refractivity contribution in [2.24, 2.45) is 5.73 Å². The van der Waals surface area contributed by atoms with Crippen molar-refractivity contribution in [1.82, 2.24) is 9.97 Å². The highest BCUT2D eigenvalue weighted by atomic mass is 14.9. The molecular weight excluding hydrogens is 234 g/mol. The topological polar surface area (TPSA) is 51.8 Å². The smallest absolute Gasteiger partial charge is 0.132 e. The Bertz CT molecular complexity index is 520. The minimum absolute atomic E-state index is 0.200. The molecule has 19 heavy (non-hydrogen) atoms. The number of aromatic nitrogens is 2. The van der Waals surface area contributed by atoms with E-state index in [-0.39, 0.29) is 6.04 Å². The van der Waals surface area contributed by atoms with Gasteiger partial charge in [0.1, 0.15) is 5.82 Å². The van der Waals surface area contributed by atoms with Crippen LogP contribution in [0.5, 0.6) is 0 Å². The van der Waals surface area contributed by atoms with E-state index in [9.17, 15) is 0 Å². The quantitative estimate of drug-likeness (QED) is 0.893. The van der Waals surface area contributed by atoms with E-state index in [1.807, 2.05) is 12.4 Å². The number of nitrogens with zero attached hydrogens (tertiary/aromatic N) is 2. The van der Waals surface area contributed by atoms with Gasteiger partial charge >= 0.3 is 0 Å². The normalized spacial score (nSPS) is 12.4. The Morgan fingerprint density at radius 1 is 1.16 bits per heavy atom. The van der Waals surface area contributed by atoms with Crippen LogP contribution in [0.2, 0.25) is 0 Å². The van der Waals surface area contributed by atoms with Crippen molar-refractivity contribution < 1.29 is 0 Å². The van der Waals surface area contributed by atoms with E-state index >= 15 is 0 Å². The monoisotopic (exact) mass is 255 g/mol. The minimum Gasteiger partial charge on any atom is -0.327 e. The molecule has 3 heteroatoms. The fourth-order valence-electron chi connectivity index (χ4n) is 2.00. The van der Waals surface area contributed by atoms with Gasteiger partial charge < -0.3 is 5.73 Å². The molecule has 0 radical (unpaired) electrons. The molecule has 0 aliphatic heterocycles. The molecule has 0 saturated heterocycles. The van der Waals surface area contributed by atoms with Gasteiger partial charge in [-0.05, 0) is 36.5 Å². The van der Waals surface area contributed by atoms with Crippen LogP contribution in [-0.4, -0.2) is 16.0 Å². The third-order valence-electron chi connectivity index (χ3n) is 3.39. The summed E-state index contributed by atoms with van der Waals surface area (Å²) < 4.78 is 0. The number of hydrogen-bond acceptors (Lipinski definition) is 3. The van der Waals surface area contributed by atoms with E-state index in [0.29, 0.717) is 0 Å². The van der Waals surface area contributed by atoms with Crippen molar-refractivity contribution in [3.63, 3.8) is 0 Å². The maximum Gasteiger partial charge on any atom is 0.132 e. The van der Waals surface area contributed by atoms with Crippen LogP contribution in [0.4, 0.5) is 0 Å². The molecule has 3 nitrogen and oxygen atoms in total. The maximum absolute atomic E-state index is 5.93. The predicted molar refractivity (Wildman–Crippen MR) is 78.0 cm³/mol. The van der Waals surface area contributed by atoms with Crippen LogP contribution in [0.15, 0.2) is 36.7 Å². The highest BCUT2D eigenvalue weighted by molar-refractivity contribution is 5.28. The lowest BCUT2D eigenvalue weighted by Crippen LogP contribution is -2.21. The van der Waals surface area contributed by atoms with E-state index < -0.39 is 0 Å². The number of nitrogens with two attached hydrogens (primary N) is 1. The van der Waals surface area contributed by atoms with E-state index in [4.69, 9.17) is 5.73 Å². The first kappa shape index (κ1) is 13.7. The van der Waals surface area contributed by atoms with Gasteiger partial charge in [-0.2, -0.15) is 0 Å². The van der Waals surface area contributed by atoms with E-state index in [0.717, 1.165) is 30.7 Å². The first-order valence-electron chi connectivity index (χ1n) is 6.79. The Labute approximate surface area is 114 Å². The number of rotatable bonds is 5. The zero-order valence-electron chi connectivity index (χ0n) is 11.6. The van der Waals surface area contributed by atoms with Gasteiger partial charge in [-0.3, -0.25) is 0 Å². The number of aryl methyl sites for hydroxylation is 1. The third kappa shape index (κ3) is 3.86. The molecule has 2 aromatic rings. The molecule has 1 aromatic heterocycles. The fourth-order valence-corrected chi connectivity index (χ4v) is 2.00. The van der Waals surface area contributed by atoms with E-state index in [2.05, 4.69) is 48.1 Å².